The molecule has 10 heteroatoms. The van der Waals surface area contributed by atoms with Crippen molar-refractivity contribution in [1.82, 2.24) is 24.9 Å². The lowest BCUT2D eigenvalue weighted by Crippen LogP contribution is -2.43. The first kappa shape index (κ1) is 23.8. The molecule has 0 bridgehead atoms. The molecule has 3 atom stereocenters. The van der Waals surface area contributed by atoms with Crippen LogP contribution in [0.25, 0.3) is 15.9 Å². The molecule has 0 saturated carbocycles. The van der Waals surface area contributed by atoms with Crippen molar-refractivity contribution in [3.05, 3.63) is 41.0 Å². The molecule has 35 heavy (non-hydrogen) atoms. The van der Waals surface area contributed by atoms with Gasteiger partial charge in [0.1, 0.15) is 22.4 Å². The highest BCUT2D eigenvalue weighted by atomic mass is 32.1. The summed E-state index contributed by atoms with van der Waals surface area (Å²) < 4.78 is 8.32. The topological polar surface area (TPSA) is 109 Å². The number of fused-ring (bicyclic) bond motifs is 2. The minimum Gasteiger partial charge on any atom is -0.497 e. The SMILES string of the molecule is COc1ccc2nc(C(C)Nc3cc(NCC4CCNC[C@@H]4O)nc4c(C(C)C)cnn34)sc2c1. The summed E-state index contributed by atoms with van der Waals surface area (Å²) in [5.41, 5.74) is 2.89. The van der Waals surface area contributed by atoms with Crippen LogP contribution in [0, 0.1) is 5.92 Å². The van der Waals surface area contributed by atoms with Crippen LogP contribution in [0.1, 0.15) is 49.7 Å². The van der Waals surface area contributed by atoms with E-state index < -0.39 is 0 Å². The first-order valence-corrected chi connectivity index (χ1v) is 13.0. The van der Waals surface area contributed by atoms with Gasteiger partial charge in [0.2, 0.25) is 0 Å². The molecule has 3 aromatic heterocycles. The summed E-state index contributed by atoms with van der Waals surface area (Å²) in [6.07, 6.45) is 2.48. The zero-order chi connectivity index (χ0) is 24.5. The second kappa shape index (κ2) is 9.96. The normalized spacial score (nSPS) is 19.4. The fraction of sp³-hybridized carbons (Fsp3) is 0.480. The van der Waals surface area contributed by atoms with E-state index >= 15 is 0 Å². The number of aromatic nitrogens is 4. The largest absolute Gasteiger partial charge is 0.497 e. The van der Waals surface area contributed by atoms with Crippen LogP contribution >= 0.6 is 11.3 Å². The Bertz CT molecular complexity index is 1320. The van der Waals surface area contributed by atoms with Crippen LogP contribution in [-0.4, -0.2) is 57.5 Å². The van der Waals surface area contributed by atoms with Gasteiger partial charge in [-0.3, -0.25) is 0 Å². The van der Waals surface area contributed by atoms with Crippen LogP contribution in [-0.2, 0) is 0 Å². The number of aliphatic hydroxyl groups is 1. The van der Waals surface area contributed by atoms with Gasteiger partial charge in [-0.15, -0.1) is 11.3 Å². The predicted octanol–water partition coefficient (Wildman–Crippen LogP) is 4.03. The number of hydrogen-bond acceptors (Lipinski definition) is 9. The molecule has 9 nitrogen and oxygen atoms in total. The van der Waals surface area contributed by atoms with E-state index in [0.29, 0.717) is 19.0 Å². The van der Waals surface area contributed by atoms with Gasteiger partial charge in [0.05, 0.1) is 35.7 Å². The maximum Gasteiger partial charge on any atom is 0.163 e. The summed E-state index contributed by atoms with van der Waals surface area (Å²) in [5.74, 6) is 2.94. The maximum absolute atomic E-state index is 10.3. The number of thiazole rings is 1. The number of hydrogen-bond donors (Lipinski definition) is 4. The number of β-amino-alcohol motifs (C(OH)–C–C–N with tert-alkyl or cyclic N) is 1. The van der Waals surface area contributed by atoms with Gasteiger partial charge in [-0.2, -0.15) is 9.61 Å². The van der Waals surface area contributed by atoms with E-state index in [1.807, 2.05) is 35.0 Å². The van der Waals surface area contributed by atoms with Crippen molar-refractivity contribution in [2.75, 3.05) is 37.4 Å². The van der Waals surface area contributed by atoms with E-state index in [2.05, 4.69) is 41.8 Å². The van der Waals surface area contributed by atoms with Gasteiger partial charge in [-0.25, -0.2) is 9.97 Å². The van der Waals surface area contributed by atoms with Crippen LogP contribution in [0.15, 0.2) is 30.5 Å². The van der Waals surface area contributed by atoms with Crippen LogP contribution in [0.2, 0.25) is 0 Å². The highest BCUT2D eigenvalue weighted by Crippen LogP contribution is 2.32. The average Bonchev–Trinajstić information content (AvgIpc) is 3.47. The lowest BCUT2D eigenvalue weighted by Gasteiger charge is -2.28. The Morgan fingerprint density at radius 3 is 2.89 bits per heavy atom. The van der Waals surface area contributed by atoms with Gasteiger partial charge in [0.15, 0.2) is 5.65 Å². The molecule has 5 rings (SSSR count). The molecule has 0 aliphatic carbocycles. The Hall–Kier alpha value is -2.95. The molecule has 186 valence electrons. The van der Waals surface area contributed by atoms with Gasteiger partial charge >= 0.3 is 0 Å². The predicted molar refractivity (Wildman–Crippen MR) is 141 cm³/mol. The molecule has 4 aromatic rings. The van der Waals surface area contributed by atoms with Crippen LogP contribution < -0.4 is 20.7 Å². The molecule has 0 amide bonds. The minimum atomic E-state index is -0.351. The summed E-state index contributed by atoms with van der Waals surface area (Å²) in [6.45, 7) is 8.63. The molecule has 1 aliphatic heterocycles. The fourth-order valence-electron chi connectivity index (χ4n) is 4.47. The number of benzene rings is 1. The van der Waals surface area contributed by atoms with Crippen molar-refractivity contribution in [3.8, 4) is 5.75 Å². The molecule has 4 heterocycles. The molecule has 0 radical (unpaired) electrons. The van der Waals surface area contributed by atoms with Crippen LogP contribution in [0.5, 0.6) is 5.75 Å². The lowest BCUT2D eigenvalue weighted by molar-refractivity contribution is 0.0883. The van der Waals surface area contributed by atoms with E-state index in [4.69, 9.17) is 14.7 Å². The van der Waals surface area contributed by atoms with E-state index in [-0.39, 0.29) is 18.1 Å². The number of anilines is 2. The maximum atomic E-state index is 10.3. The first-order valence-electron chi connectivity index (χ1n) is 12.1. The van der Waals surface area contributed by atoms with Crippen molar-refractivity contribution in [2.24, 2.45) is 5.92 Å². The molecule has 1 saturated heterocycles. The number of ether oxygens (including phenoxy) is 1. The number of nitrogens with zero attached hydrogens (tertiary/aromatic N) is 4. The molecular weight excluding hydrogens is 462 g/mol. The minimum absolute atomic E-state index is 0.0326. The van der Waals surface area contributed by atoms with E-state index in [1.165, 1.54) is 0 Å². The molecule has 0 spiro atoms. The molecule has 2 unspecified atom stereocenters. The monoisotopic (exact) mass is 495 g/mol. The third-order valence-corrected chi connectivity index (χ3v) is 7.80. The van der Waals surface area contributed by atoms with Crippen molar-refractivity contribution in [3.63, 3.8) is 0 Å². The quantitative estimate of drug-likeness (QED) is 0.290. The summed E-state index contributed by atoms with van der Waals surface area (Å²) in [5, 5.41) is 26.3. The number of rotatable bonds is 8. The van der Waals surface area contributed by atoms with Gasteiger partial charge in [-0.1, -0.05) is 13.8 Å². The second-order valence-electron chi connectivity index (χ2n) is 9.47. The average molecular weight is 496 g/mol. The molecule has 1 aromatic carbocycles. The van der Waals surface area contributed by atoms with Crippen LogP contribution in [0.3, 0.4) is 0 Å². The number of nitrogens with one attached hydrogen (secondary N) is 3. The number of methoxy groups -OCH3 is 1. The Morgan fingerprint density at radius 1 is 1.26 bits per heavy atom. The van der Waals surface area contributed by atoms with E-state index in [9.17, 15) is 5.11 Å². The van der Waals surface area contributed by atoms with E-state index in [1.54, 1.807) is 18.4 Å². The summed E-state index contributed by atoms with van der Waals surface area (Å²) in [7, 11) is 1.68. The van der Waals surface area contributed by atoms with Crippen molar-refractivity contribution >= 4 is 38.8 Å². The second-order valence-corrected chi connectivity index (χ2v) is 10.5. The van der Waals surface area contributed by atoms with Gasteiger partial charge in [0, 0.05) is 30.6 Å². The lowest BCUT2D eigenvalue weighted by atomic mass is 9.95. The van der Waals surface area contributed by atoms with Gasteiger partial charge < -0.3 is 25.8 Å². The third kappa shape index (κ3) is 4.91. The first-order chi connectivity index (χ1) is 16.9. The summed E-state index contributed by atoms with van der Waals surface area (Å²) >= 11 is 1.65. The standard InChI is InChI=1S/C25H33N7O2S/c1-14(2)18-12-28-32-23(10-22(31-24(18)32)27-11-16-7-8-26-13-20(16)33)29-15(3)25-30-19-6-5-17(34-4)9-21(19)35-25/h5-6,9-10,12,14-16,20,26,29,33H,7-8,11,13H2,1-4H3,(H,27,31)/t15?,16?,20-/m0/s1. The van der Waals surface area contributed by atoms with Gasteiger partial charge in [0.25, 0.3) is 0 Å². The van der Waals surface area contributed by atoms with Crippen molar-refractivity contribution in [1.29, 1.82) is 0 Å². The fourth-order valence-corrected chi connectivity index (χ4v) is 5.47. The van der Waals surface area contributed by atoms with Crippen molar-refractivity contribution < 1.29 is 9.84 Å². The Balaban J connectivity index is 1.43. The highest BCUT2D eigenvalue weighted by Gasteiger charge is 2.23. The Labute approximate surface area is 208 Å². The Kier molecular flexibility index (Phi) is 6.77. The zero-order valence-electron chi connectivity index (χ0n) is 20.6. The highest BCUT2D eigenvalue weighted by molar-refractivity contribution is 7.18. The molecule has 1 fully saturated rings. The molecule has 4 N–H and O–H groups in total. The molecule has 1 aliphatic rings. The molecular formula is C25H33N7O2S. The van der Waals surface area contributed by atoms with Crippen molar-refractivity contribution in [2.45, 2.75) is 45.3 Å². The summed E-state index contributed by atoms with van der Waals surface area (Å²) in [4.78, 5) is 9.72. The zero-order valence-corrected chi connectivity index (χ0v) is 21.4. The van der Waals surface area contributed by atoms with Crippen LogP contribution in [0.4, 0.5) is 11.6 Å². The Morgan fingerprint density at radius 2 is 2.11 bits per heavy atom. The summed E-state index contributed by atoms with van der Waals surface area (Å²) in [6, 6.07) is 7.91. The number of aliphatic hydroxyl groups excluding tert-OH is 1. The van der Waals surface area contributed by atoms with Gasteiger partial charge in [-0.05, 0) is 44.0 Å². The third-order valence-electron chi connectivity index (χ3n) is 6.60. The number of piperidine rings is 1. The smallest absolute Gasteiger partial charge is 0.163 e. The van der Waals surface area contributed by atoms with E-state index in [0.717, 1.165) is 56.8 Å².